The van der Waals surface area contributed by atoms with Crippen LogP contribution < -0.4 is 9.44 Å². The first-order valence-electron chi connectivity index (χ1n) is 7.51. The number of aryl methyl sites for hydroxylation is 1. The number of benzene rings is 1. The van der Waals surface area contributed by atoms with Crippen LogP contribution in [-0.2, 0) is 23.2 Å². The first-order chi connectivity index (χ1) is 11.1. The standard InChI is InChI=1S/C15H21ClN4O2S/c16-14-7-5-13(6-8-14)10-20-23(21,22)19-9-3-1-2-4-15-11-17-12-18-15/h5-8,11-12,19-20H,1-4,9-10H2,(H,17,18). The summed E-state index contributed by atoms with van der Waals surface area (Å²) in [6.07, 6.45) is 7.16. The Hall–Kier alpha value is -1.41. The fourth-order valence-electron chi connectivity index (χ4n) is 2.08. The van der Waals surface area contributed by atoms with Crippen LogP contribution in [0.1, 0.15) is 30.5 Å². The molecule has 2 aromatic rings. The molecule has 3 N–H and O–H groups in total. The molecule has 8 heteroatoms. The number of aromatic amines is 1. The molecule has 6 nitrogen and oxygen atoms in total. The number of imidazole rings is 1. The van der Waals surface area contributed by atoms with Gasteiger partial charge in [0.15, 0.2) is 0 Å². The molecule has 126 valence electrons. The van der Waals surface area contributed by atoms with Gasteiger partial charge in [-0.15, -0.1) is 0 Å². The Morgan fingerprint density at radius 1 is 1.09 bits per heavy atom. The fraction of sp³-hybridized carbons (Fsp3) is 0.400. The van der Waals surface area contributed by atoms with Crippen LogP contribution in [-0.4, -0.2) is 24.9 Å². The van der Waals surface area contributed by atoms with Gasteiger partial charge in [0.2, 0.25) is 0 Å². The highest BCUT2D eigenvalue weighted by atomic mass is 35.5. The van der Waals surface area contributed by atoms with Crippen molar-refractivity contribution in [2.45, 2.75) is 32.2 Å². The molecule has 0 aliphatic heterocycles. The minimum absolute atomic E-state index is 0.242. The molecular formula is C15H21ClN4O2S. The van der Waals surface area contributed by atoms with Gasteiger partial charge in [-0.05, 0) is 37.0 Å². The highest BCUT2D eigenvalue weighted by molar-refractivity contribution is 7.87. The van der Waals surface area contributed by atoms with E-state index < -0.39 is 10.2 Å². The zero-order chi connectivity index (χ0) is 16.5. The van der Waals surface area contributed by atoms with Crippen molar-refractivity contribution in [1.82, 2.24) is 19.4 Å². The number of hydrogen-bond donors (Lipinski definition) is 3. The number of rotatable bonds is 10. The summed E-state index contributed by atoms with van der Waals surface area (Å²) < 4.78 is 28.7. The van der Waals surface area contributed by atoms with Gasteiger partial charge in [-0.3, -0.25) is 0 Å². The molecule has 0 atom stereocenters. The maximum Gasteiger partial charge on any atom is 0.277 e. The minimum Gasteiger partial charge on any atom is -0.348 e. The zero-order valence-corrected chi connectivity index (χ0v) is 14.3. The van der Waals surface area contributed by atoms with Crippen LogP contribution in [0.3, 0.4) is 0 Å². The van der Waals surface area contributed by atoms with Crippen LogP contribution in [0.2, 0.25) is 5.02 Å². The molecule has 0 saturated carbocycles. The van der Waals surface area contributed by atoms with Gasteiger partial charge in [-0.25, -0.2) is 9.71 Å². The molecule has 0 spiro atoms. The van der Waals surface area contributed by atoms with Gasteiger partial charge in [-0.2, -0.15) is 13.1 Å². The number of hydrogen-bond acceptors (Lipinski definition) is 3. The average molecular weight is 357 g/mol. The Morgan fingerprint density at radius 2 is 1.87 bits per heavy atom. The van der Waals surface area contributed by atoms with Crippen LogP contribution in [0.15, 0.2) is 36.8 Å². The molecule has 1 aromatic carbocycles. The second kappa shape index (κ2) is 9.02. The Kier molecular flexibility index (Phi) is 7.04. The van der Waals surface area contributed by atoms with Crippen molar-refractivity contribution in [3.63, 3.8) is 0 Å². The quantitative estimate of drug-likeness (QED) is 0.571. The van der Waals surface area contributed by atoms with Crippen molar-refractivity contribution < 1.29 is 8.42 Å². The maximum absolute atomic E-state index is 11.8. The van der Waals surface area contributed by atoms with Gasteiger partial charge in [0.1, 0.15) is 0 Å². The predicted molar refractivity (Wildman–Crippen MR) is 91.4 cm³/mol. The molecule has 0 fully saturated rings. The molecule has 0 aliphatic rings. The average Bonchev–Trinajstić information content (AvgIpc) is 3.03. The van der Waals surface area contributed by atoms with Crippen molar-refractivity contribution >= 4 is 21.8 Å². The topological polar surface area (TPSA) is 86.9 Å². The van der Waals surface area contributed by atoms with E-state index in [2.05, 4.69) is 19.4 Å². The molecule has 0 radical (unpaired) electrons. The largest absolute Gasteiger partial charge is 0.348 e. The molecule has 0 amide bonds. The number of H-pyrrole nitrogens is 1. The molecule has 2 rings (SSSR count). The third-order valence-electron chi connectivity index (χ3n) is 3.35. The van der Waals surface area contributed by atoms with Crippen LogP contribution >= 0.6 is 11.6 Å². The van der Waals surface area contributed by atoms with Gasteiger partial charge >= 0.3 is 0 Å². The Balaban J connectivity index is 1.59. The molecule has 1 aromatic heterocycles. The molecular weight excluding hydrogens is 336 g/mol. The van der Waals surface area contributed by atoms with Crippen LogP contribution in [0, 0.1) is 0 Å². The van der Waals surface area contributed by atoms with Crippen LogP contribution in [0.4, 0.5) is 0 Å². The molecule has 1 heterocycles. The number of halogens is 1. The van der Waals surface area contributed by atoms with Gasteiger partial charge in [0, 0.05) is 30.0 Å². The molecule has 0 aliphatic carbocycles. The summed E-state index contributed by atoms with van der Waals surface area (Å²) in [7, 11) is -3.47. The van der Waals surface area contributed by atoms with E-state index in [-0.39, 0.29) is 6.54 Å². The number of unbranched alkanes of at least 4 members (excludes halogenated alkanes) is 2. The first-order valence-corrected chi connectivity index (χ1v) is 9.37. The van der Waals surface area contributed by atoms with E-state index in [0.717, 1.165) is 36.9 Å². The van der Waals surface area contributed by atoms with Gasteiger partial charge < -0.3 is 4.98 Å². The highest BCUT2D eigenvalue weighted by Crippen LogP contribution is 2.09. The van der Waals surface area contributed by atoms with Gasteiger partial charge in [0.05, 0.1) is 6.33 Å². The van der Waals surface area contributed by atoms with Gasteiger partial charge in [-0.1, -0.05) is 30.2 Å². The van der Waals surface area contributed by atoms with E-state index in [1.165, 1.54) is 0 Å². The Labute approximate surface area is 141 Å². The SMILES string of the molecule is O=S(=O)(NCCCCCc1cnc[nH]1)NCc1ccc(Cl)cc1. The molecule has 0 unspecified atom stereocenters. The smallest absolute Gasteiger partial charge is 0.277 e. The zero-order valence-electron chi connectivity index (χ0n) is 12.8. The lowest BCUT2D eigenvalue weighted by molar-refractivity contribution is 0.559. The third kappa shape index (κ3) is 7.13. The van der Waals surface area contributed by atoms with Gasteiger partial charge in [0.25, 0.3) is 10.2 Å². The summed E-state index contributed by atoms with van der Waals surface area (Å²) in [5.74, 6) is 0. The second-order valence-electron chi connectivity index (χ2n) is 5.23. The summed E-state index contributed by atoms with van der Waals surface area (Å²) in [5, 5.41) is 0.630. The lowest BCUT2D eigenvalue weighted by atomic mass is 10.1. The Morgan fingerprint density at radius 3 is 2.57 bits per heavy atom. The lowest BCUT2D eigenvalue weighted by Gasteiger charge is -2.08. The summed E-state index contributed by atoms with van der Waals surface area (Å²) in [6, 6.07) is 7.05. The van der Waals surface area contributed by atoms with Crippen LogP contribution in [0.25, 0.3) is 0 Å². The van der Waals surface area contributed by atoms with Crippen molar-refractivity contribution in [2.75, 3.05) is 6.54 Å². The molecule has 0 saturated heterocycles. The lowest BCUT2D eigenvalue weighted by Crippen LogP contribution is -2.36. The summed E-state index contributed by atoms with van der Waals surface area (Å²) in [4.78, 5) is 7.00. The number of aromatic nitrogens is 2. The minimum atomic E-state index is -3.47. The number of nitrogens with one attached hydrogen (secondary N) is 3. The summed E-state index contributed by atoms with van der Waals surface area (Å²) in [5.41, 5.74) is 1.97. The predicted octanol–water partition coefficient (Wildman–Crippen LogP) is 2.40. The van der Waals surface area contributed by atoms with Crippen molar-refractivity contribution in [2.24, 2.45) is 0 Å². The van der Waals surface area contributed by atoms with Crippen LogP contribution in [0.5, 0.6) is 0 Å². The highest BCUT2D eigenvalue weighted by Gasteiger charge is 2.08. The summed E-state index contributed by atoms with van der Waals surface area (Å²) in [6.45, 7) is 0.672. The van der Waals surface area contributed by atoms with E-state index in [1.807, 2.05) is 6.20 Å². The van der Waals surface area contributed by atoms with Crippen molar-refractivity contribution in [3.8, 4) is 0 Å². The Bertz CT molecular complexity index is 672. The summed E-state index contributed by atoms with van der Waals surface area (Å²) >= 11 is 5.79. The third-order valence-corrected chi connectivity index (χ3v) is 4.71. The maximum atomic E-state index is 11.8. The van der Waals surface area contributed by atoms with E-state index in [9.17, 15) is 8.42 Å². The van der Waals surface area contributed by atoms with Crippen molar-refractivity contribution in [3.05, 3.63) is 53.1 Å². The van der Waals surface area contributed by atoms with E-state index in [4.69, 9.17) is 11.6 Å². The van der Waals surface area contributed by atoms with E-state index >= 15 is 0 Å². The second-order valence-corrected chi connectivity index (χ2v) is 7.25. The number of nitrogens with zero attached hydrogens (tertiary/aromatic N) is 1. The fourth-order valence-corrected chi connectivity index (χ4v) is 3.07. The molecule has 0 bridgehead atoms. The molecule has 23 heavy (non-hydrogen) atoms. The monoisotopic (exact) mass is 356 g/mol. The first kappa shape index (κ1) is 17.9. The van der Waals surface area contributed by atoms with E-state index in [0.29, 0.717) is 11.6 Å². The normalized spacial score (nSPS) is 11.7. The van der Waals surface area contributed by atoms with E-state index in [1.54, 1.807) is 30.6 Å². The van der Waals surface area contributed by atoms with Crippen molar-refractivity contribution in [1.29, 1.82) is 0 Å².